The molecule has 0 saturated carbocycles. The molecule has 154 valence electrons. The molecule has 4 nitrogen and oxygen atoms in total. The third-order valence-electron chi connectivity index (χ3n) is 4.72. The molecular formula is C22H43NO3. The summed E-state index contributed by atoms with van der Waals surface area (Å²) in [6, 6.07) is 0. The summed E-state index contributed by atoms with van der Waals surface area (Å²) in [5, 5.41) is 2.87. The van der Waals surface area contributed by atoms with Gasteiger partial charge in [-0.1, -0.05) is 52.7 Å². The minimum absolute atomic E-state index is 0.0290. The van der Waals surface area contributed by atoms with E-state index in [-0.39, 0.29) is 12.2 Å². The zero-order valence-electron chi connectivity index (χ0n) is 18.5. The number of carbonyl (C=O) groups excluding carboxylic acids is 1. The fraction of sp³-hybridized carbons (Fsp3) is 0.864. The topological polar surface area (TPSA) is 47.6 Å². The second-order valence-corrected chi connectivity index (χ2v) is 8.35. The number of hydrogen-bond acceptors (Lipinski definition) is 3. The molecule has 0 aliphatic heterocycles. The Morgan fingerprint density at radius 2 is 1.81 bits per heavy atom. The maximum atomic E-state index is 12.2. The van der Waals surface area contributed by atoms with Crippen LogP contribution in [0.4, 0.5) is 4.79 Å². The lowest BCUT2D eigenvalue weighted by Gasteiger charge is -2.27. The van der Waals surface area contributed by atoms with Crippen molar-refractivity contribution >= 4 is 6.09 Å². The molecule has 0 fully saturated rings. The lowest BCUT2D eigenvalue weighted by molar-refractivity contribution is -0.0299. The van der Waals surface area contributed by atoms with Gasteiger partial charge < -0.3 is 14.8 Å². The van der Waals surface area contributed by atoms with Crippen LogP contribution in [0.25, 0.3) is 0 Å². The summed E-state index contributed by atoms with van der Waals surface area (Å²) < 4.78 is 11.5. The van der Waals surface area contributed by atoms with E-state index in [1.165, 1.54) is 5.57 Å². The first-order valence-corrected chi connectivity index (χ1v) is 10.4. The molecule has 0 aliphatic carbocycles. The van der Waals surface area contributed by atoms with Gasteiger partial charge in [0.2, 0.25) is 0 Å². The predicted molar refractivity (Wildman–Crippen MR) is 110 cm³/mol. The molecule has 0 aromatic carbocycles. The van der Waals surface area contributed by atoms with Gasteiger partial charge in [0.25, 0.3) is 0 Å². The van der Waals surface area contributed by atoms with Crippen LogP contribution in [0.1, 0.15) is 87.5 Å². The highest BCUT2D eigenvalue weighted by atomic mass is 16.6. The van der Waals surface area contributed by atoms with Crippen LogP contribution in [0.15, 0.2) is 11.6 Å². The molecule has 2 unspecified atom stereocenters. The molecule has 4 heteroatoms. The van der Waals surface area contributed by atoms with E-state index in [0.717, 1.165) is 32.1 Å². The Morgan fingerprint density at radius 3 is 2.31 bits per heavy atom. The van der Waals surface area contributed by atoms with Gasteiger partial charge in [0.1, 0.15) is 6.10 Å². The fourth-order valence-electron chi connectivity index (χ4n) is 2.77. The van der Waals surface area contributed by atoms with E-state index >= 15 is 0 Å². The summed E-state index contributed by atoms with van der Waals surface area (Å²) in [5.74, 6) is 1.07. The summed E-state index contributed by atoms with van der Waals surface area (Å²) in [5.41, 5.74) is 1.07. The smallest absolute Gasteiger partial charge is 0.407 e. The van der Waals surface area contributed by atoms with E-state index in [9.17, 15) is 4.79 Å². The summed E-state index contributed by atoms with van der Waals surface area (Å²) in [6.45, 7) is 18.0. The van der Waals surface area contributed by atoms with E-state index in [1.807, 2.05) is 13.8 Å². The van der Waals surface area contributed by atoms with E-state index in [0.29, 0.717) is 25.0 Å². The molecule has 0 rings (SSSR count). The number of allylic oxidation sites excluding steroid dienone is 2. The van der Waals surface area contributed by atoms with E-state index in [4.69, 9.17) is 9.47 Å². The molecule has 1 N–H and O–H groups in total. The minimum atomic E-state index is -0.391. The zero-order valence-corrected chi connectivity index (χ0v) is 18.5. The summed E-state index contributed by atoms with van der Waals surface area (Å²) in [4.78, 5) is 12.2. The van der Waals surface area contributed by atoms with Gasteiger partial charge in [-0.2, -0.15) is 0 Å². The maximum Gasteiger partial charge on any atom is 0.407 e. The number of ether oxygens (including phenoxy) is 2. The Hall–Kier alpha value is -1.03. The van der Waals surface area contributed by atoms with Gasteiger partial charge in [-0.05, 0) is 58.3 Å². The number of hydrogen-bond donors (Lipinski definition) is 1. The number of carbonyl (C=O) groups is 1. The van der Waals surface area contributed by atoms with Crippen LogP contribution in [0.5, 0.6) is 0 Å². The van der Waals surface area contributed by atoms with Crippen LogP contribution in [-0.4, -0.2) is 30.9 Å². The molecule has 0 aromatic heterocycles. The Morgan fingerprint density at radius 1 is 1.15 bits per heavy atom. The normalized spacial score (nSPS) is 15.0. The minimum Gasteiger partial charge on any atom is -0.446 e. The Kier molecular flexibility index (Phi) is 12.7. The van der Waals surface area contributed by atoms with Gasteiger partial charge in [0, 0.05) is 13.2 Å². The predicted octanol–water partition coefficient (Wildman–Crippen LogP) is 6.11. The SMILES string of the molecule is C/C=C(\CCC(CCC)OC(=O)NCC(C)(C)OCC(C)C)C(C)CC. The van der Waals surface area contributed by atoms with E-state index < -0.39 is 5.60 Å². The first-order chi connectivity index (χ1) is 12.1. The molecule has 0 bridgehead atoms. The molecule has 26 heavy (non-hydrogen) atoms. The average Bonchev–Trinajstić information content (AvgIpc) is 2.58. The number of rotatable bonds is 13. The van der Waals surface area contributed by atoms with Crippen molar-refractivity contribution in [2.45, 2.75) is 99.2 Å². The second-order valence-electron chi connectivity index (χ2n) is 8.35. The van der Waals surface area contributed by atoms with Gasteiger partial charge in [0.05, 0.1) is 5.60 Å². The van der Waals surface area contributed by atoms with Crippen LogP contribution >= 0.6 is 0 Å². The van der Waals surface area contributed by atoms with Crippen molar-refractivity contribution in [3.8, 4) is 0 Å². The first kappa shape index (κ1) is 25.0. The lowest BCUT2D eigenvalue weighted by atomic mass is 9.92. The van der Waals surface area contributed by atoms with Crippen molar-refractivity contribution in [1.82, 2.24) is 5.32 Å². The summed E-state index contributed by atoms with van der Waals surface area (Å²) >= 11 is 0. The van der Waals surface area contributed by atoms with Crippen LogP contribution in [0.3, 0.4) is 0 Å². The highest BCUT2D eigenvalue weighted by molar-refractivity contribution is 5.67. The fourth-order valence-corrected chi connectivity index (χ4v) is 2.77. The number of nitrogens with one attached hydrogen (secondary N) is 1. The zero-order chi connectivity index (χ0) is 20.2. The van der Waals surface area contributed by atoms with E-state index in [2.05, 4.69) is 52.9 Å². The van der Waals surface area contributed by atoms with Crippen molar-refractivity contribution in [1.29, 1.82) is 0 Å². The van der Waals surface area contributed by atoms with E-state index in [1.54, 1.807) is 0 Å². The highest BCUT2D eigenvalue weighted by Crippen LogP contribution is 2.22. The lowest BCUT2D eigenvalue weighted by Crippen LogP contribution is -2.42. The van der Waals surface area contributed by atoms with Crippen molar-refractivity contribution < 1.29 is 14.3 Å². The van der Waals surface area contributed by atoms with Gasteiger partial charge in [-0.3, -0.25) is 0 Å². The molecule has 0 aromatic rings. The third-order valence-corrected chi connectivity index (χ3v) is 4.72. The van der Waals surface area contributed by atoms with Crippen LogP contribution in [0.2, 0.25) is 0 Å². The average molecular weight is 370 g/mol. The first-order valence-electron chi connectivity index (χ1n) is 10.4. The monoisotopic (exact) mass is 369 g/mol. The molecule has 0 spiro atoms. The Balaban J connectivity index is 4.45. The van der Waals surface area contributed by atoms with Crippen molar-refractivity contribution in [2.75, 3.05) is 13.2 Å². The van der Waals surface area contributed by atoms with Crippen LogP contribution in [0, 0.1) is 11.8 Å². The van der Waals surface area contributed by atoms with Crippen LogP contribution in [-0.2, 0) is 9.47 Å². The standard InChI is InChI=1S/C22H43NO3/c1-9-12-20(14-13-19(11-3)18(6)10-2)26-21(24)23-16-22(7,8)25-15-17(4)5/h11,17-18,20H,9-10,12-16H2,1-8H3,(H,23,24)/b19-11+. The number of alkyl carbamates (subject to hydrolysis) is 1. The second kappa shape index (κ2) is 13.2. The molecule has 0 radical (unpaired) electrons. The van der Waals surface area contributed by atoms with Crippen molar-refractivity contribution in [3.63, 3.8) is 0 Å². The highest BCUT2D eigenvalue weighted by Gasteiger charge is 2.22. The van der Waals surface area contributed by atoms with Gasteiger partial charge in [-0.25, -0.2) is 4.79 Å². The summed E-state index contributed by atoms with van der Waals surface area (Å²) in [7, 11) is 0. The largest absolute Gasteiger partial charge is 0.446 e. The maximum absolute atomic E-state index is 12.2. The van der Waals surface area contributed by atoms with Gasteiger partial charge >= 0.3 is 6.09 Å². The van der Waals surface area contributed by atoms with Crippen molar-refractivity contribution in [3.05, 3.63) is 11.6 Å². The quantitative estimate of drug-likeness (QED) is 0.399. The molecule has 0 heterocycles. The van der Waals surface area contributed by atoms with Gasteiger partial charge in [0.15, 0.2) is 0 Å². The summed E-state index contributed by atoms with van der Waals surface area (Å²) in [6.07, 6.45) is 6.78. The van der Waals surface area contributed by atoms with Crippen LogP contribution < -0.4 is 5.32 Å². The Bertz CT molecular complexity index is 416. The molecule has 1 amide bonds. The molecule has 0 saturated heterocycles. The molecule has 0 aliphatic rings. The van der Waals surface area contributed by atoms with Crippen molar-refractivity contribution in [2.24, 2.45) is 11.8 Å². The molecular weight excluding hydrogens is 326 g/mol. The molecule has 2 atom stereocenters. The van der Waals surface area contributed by atoms with Gasteiger partial charge in [-0.15, -0.1) is 0 Å². The Labute approximate surface area is 162 Å². The third kappa shape index (κ3) is 11.6. The number of amides is 1.